The number of carbonyl (C=O) groups excluding carboxylic acids is 1. The first-order chi connectivity index (χ1) is 9.40. The van der Waals surface area contributed by atoms with Crippen molar-refractivity contribution >= 4 is 11.7 Å². The van der Waals surface area contributed by atoms with Gasteiger partial charge in [-0.15, -0.1) is 0 Å². The fourth-order valence-corrected chi connectivity index (χ4v) is 1.77. The molecule has 1 aliphatic carbocycles. The highest BCUT2D eigenvalue weighted by atomic mass is 19.4. The van der Waals surface area contributed by atoms with Gasteiger partial charge < -0.3 is 10.6 Å². The van der Waals surface area contributed by atoms with E-state index in [1.807, 2.05) is 6.07 Å². The third kappa shape index (κ3) is 3.63. The second kappa shape index (κ2) is 5.41. The van der Waals surface area contributed by atoms with Gasteiger partial charge in [0, 0.05) is 5.69 Å². The molecule has 0 spiro atoms. The van der Waals surface area contributed by atoms with E-state index in [1.54, 1.807) is 0 Å². The number of amides is 2. The van der Waals surface area contributed by atoms with Crippen LogP contribution < -0.4 is 10.6 Å². The van der Waals surface area contributed by atoms with Crippen molar-refractivity contribution in [3.05, 3.63) is 29.8 Å². The van der Waals surface area contributed by atoms with E-state index in [0.717, 1.165) is 25.0 Å². The molecule has 1 unspecified atom stereocenters. The molecule has 2 N–H and O–H groups in total. The predicted octanol–water partition coefficient (Wildman–Crippen LogP) is 3.13. The van der Waals surface area contributed by atoms with Crippen LogP contribution in [0.3, 0.4) is 0 Å². The molecule has 0 bridgehead atoms. The van der Waals surface area contributed by atoms with Crippen molar-refractivity contribution in [3.8, 4) is 6.07 Å². The van der Waals surface area contributed by atoms with Crippen molar-refractivity contribution in [1.82, 2.24) is 5.32 Å². The summed E-state index contributed by atoms with van der Waals surface area (Å²) in [5.74, 6) is 0.146. The van der Waals surface area contributed by atoms with Crippen molar-refractivity contribution in [3.63, 3.8) is 0 Å². The molecule has 20 heavy (non-hydrogen) atoms. The summed E-state index contributed by atoms with van der Waals surface area (Å²) in [6.45, 7) is 0. The molecule has 1 fully saturated rings. The fourth-order valence-electron chi connectivity index (χ4n) is 1.77. The number of hydrogen-bond donors (Lipinski definition) is 2. The van der Waals surface area contributed by atoms with Gasteiger partial charge in [0.15, 0.2) is 0 Å². The highest BCUT2D eigenvalue weighted by Crippen LogP contribution is 2.32. The number of nitriles is 1. The van der Waals surface area contributed by atoms with Gasteiger partial charge >= 0.3 is 12.2 Å². The Morgan fingerprint density at radius 1 is 1.40 bits per heavy atom. The first-order valence-corrected chi connectivity index (χ1v) is 6.04. The number of anilines is 1. The normalized spacial score (nSPS) is 16.1. The smallest absolute Gasteiger partial charge is 0.322 e. The first-order valence-electron chi connectivity index (χ1n) is 6.04. The van der Waals surface area contributed by atoms with E-state index in [1.165, 1.54) is 12.1 Å². The number of alkyl halides is 3. The quantitative estimate of drug-likeness (QED) is 0.895. The number of nitrogens with one attached hydrogen (secondary N) is 2. The molecule has 0 aromatic heterocycles. The third-order valence-electron chi connectivity index (χ3n) is 2.97. The van der Waals surface area contributed by atoms with Crippen LogP contribution in [-0.4, -0.2) is 12.1 Å². The molecular formula is C13H12F3N3O. The molecule has 0 radical (unpaired) electrons. The zero-order valence-electron chi connectivity index (χ0n) is 10.4. The zero-order chi connectivity index (χ0) is 14.8. The van der Waals surface area contributed by atoms with Crippen LogP contribution in [0.5, 0.6) is 0 Å². The molecule has 4 nitrogen and oxygen atoms in total. The minimum absolute atomic E-state index is 0.0322. The molecule has 7 heteroatoms. The molecule has 2 amide bonds. The average molecular weight is 283 g/mol. The molecule has 106 valence electrons. The Kier molecular flexibility index (Phi) is 3.84. The number of carbonyl (C=O) groups is 1. The summed E-state index contributed by atoms with van der Waals surface area (Å²) in [6.07, 6.45) is -2.71. The molecule has 0 heterocycles. The van der Waals surface area contributed by atoms with Crippen molar-refractivity contribution in [2.45, 2.75) is 25.1 Å². The fraction of sp³-hybridized carbons (Fsp3) is 0.385. The Bertz CT molecular complexity index is 547. The van der Waals surface area contributed by atoms with E-state index in [9.17, 15) is 18.0 Å². The minimum Gasteiger partial charge on any atom is -0.322 e. The number of hydrogen-bond acceptors (Lipinski definition) is 2. The van der Waals surface area contributed by atoms with Gasteiger partial charge in [0.1, 0.15) is 6.04 Å². The van der Waals surface area contributed by atoms with Crippen LogP contribution in [0.25, 0.3) is 0 Å². The van der Waals surface area contributed by atoms with E-state index in [4.69, 9.17) is 5.26 Å². The second-order valence-electron chi connectivity index (χ2n) is 4.62. The number of nitrogens with zero attached hydrogens (tertiary/aromatic N) is 1. The topological polar surface area (TPSA) is 64.9 Å². The highest BCUT2D eigenvalue weighted by Gasteiger charge is 2.33. The van der Waals surface area contributed by atoms with Crippen LogP contribution in [0.4, 0.5) is 23.7 Å². The molecule has 1 saturated carbocycles. The van der Waals surface area contributed by atoms with Crippen molar-refractivity contribution in [2.75, 3.05) is 5.32 Å². The first kappa shape index (κ1) is 14.2. The summed E-state index contributed by atoms with van der Waals surface area (Å²) >= 11 is 0. The molecule has 1 aliphatic rings. The maximum atomic E-state index is 12.5. The van der Waals surface area contributed by atoms with E-state index in [0.29, 0.717) is 0 Å². The van der Waals surface area contributed by atoms with Gasteiger partial charge in [-0.2, -0.15) is 18.4 Å². The van der Waals surface area contributed by atoms with Crippen LogP contribution in [0, 0.1) is 17.2 Å². The zero-order valence-corrected chi connectivity index (χ0v) is 10.4. The number of halogens is 3. The Labute approximate surface area is 113 Å². The number of benzene rings is 1. The predicted molar refractivity (Wildman–Crippen MR) is 65.7 cm³/mol. The molecule has 1 atom stereocenters. The molecular weight excluding hydrogens is 271 g/mol. The lowest BCUT2D eigenvalue weighted by Gasteiger charge is -2.13. The van der Waals surface area contributed by atoms with Crippen LogP contribution in [0.15, 0.2) is 24.3 Å². The lowest BCUT2D eigenvalue weighted by molar-refractivity contribution is -0.137. The molecule has 0 saturated heterocycles. The van der Waals surface area contributed by atoms with Gasteiger partial charge in [-0.1, -0.05) is 6.07 Å². The van der Waals surface area contributed by atoms with E-state index < -0.39 is 23.8 Å². The lowest BCUT2D eigenvalue weighted by Crippen LogP contribution is -2.38. The van der Waals surface area contributed by atoms with Crippen LogP contribution >= 0.6 is 0 Å². The maximum absolute atomic E-state index is 12.5. The largest absolute Gasteiger partial charge is 0.416 e. The Morgan fingerprint density at radius 3 is 2.65 bits per heavy atom. The minimum atomic E-state index is -4.46. The van der Waals surface area contributed by atoms with Gasteiger partial charge in [-0.25, -0.2) is 4.79 Å². The Balaban J connectivity index is 1.99. The van der Waals surface area contributed by atoms with Crippen molar-refractivity contribution in [2.24, 2.45) is 5.92 Å². The molecule has 0 aliphatic heterocycles. The second-order valence-corrected chi connectivity index (χ2v) is 4.62. The average Bonchev–Trinajstić information content (AvgIpc) is 3.19. The summed E-state index contributed by atoms with van der Waals surface area (Å²) < 4.78 is 37.5. The van der Waals surface area contributed by atoms with Gasteiger partial charge in [0.05, 0.1) is 11.6 Å². The summed E-state index contributed by atoms with van der Waals surface area (Å²) in [5, 5.41) is 13.6. The molecule has 1 aromatic rings. The Hall–Kier alpha value is -2.23. The number of rotatable bonds is 3. The maximum Gasteiger partial charge on any atom is 0.416 e. The SMILES string of the molecule is N#CC(NC(=O)Nc1cccc(C(F)(F)F)c1)C1CC1. The number of urea groups is 1. The van der Waals surface area contributed by atoms with Crippen molar-refractivity contribution < 1.29 is 18.0 Å². The van der Waals surface area contributed by atoms with Crippen LogP contribution in [0.2, 0.25) is 0 Å². The summed E-state index contributed by atoms with van der Waals surface area (Å²) in [6, 6.07) is 5.02. The third-order valence-corrected chi connectivity index (χ3v) is 2.97. The monoisotopic (exact) mass is 283 g/mol. The Morgan fingerprint density at radius 2 is 2.10 bits per heavy atom. The summed E-state index contributed by atoms with van der Waals surface area (Å²) in [5.41, 5.74) is -0.806. The van der Waals surface area contributed by atoms with Crippen LogP contribution in [-0.2, 0) is 6.18 Å². The van der Waals surface area contributed by atoms with Crippen molar-refractivity contribution in [1.29, 1.82) is 5.26 Å². The van der Waals surface area contributed by atoms with E-state index in [2.05, 4.69) is 10.6 Å². The van der Waals surface area contributed by atoms with Gasteiger partial charge in [-0.05, 0) is 37.0 Å². The van der Waals surface area contributed by atoms with E-state index in [-0.39, 0.29) is 11.6 Å². The standard InChI is InChI=1S/C13H12F3N3O/c14-13(15,16)9-2-1-3-10(6-9)18-12(20)19-11(7-17)8-4-5-8/h1-3,6,8,11H,4-5H2,(H2,18,19,20). The summed E-state index contributed by atoms with van der Waals surface area (Å²) in [4.78, 5) is 11.6. The molecule has 1 aromatic carbocycles. The van der Waals surface area contributed by atoms with Gasteiger partial charge in [0.2, 0.25) is 0 Å². The highest BCUT2D eigenvalue weighted by molar-refractivity contribution is 5.89. The van der Waals surface area contributed by atoms with E-state index >= 15 is 0 Å². The van der Waals surface area contributed by atoms with Gasteiger partial charge in [-0.3, -0.25) is 0 Å². The summed E-state index contributed by atoms with van der Waals surface area (Å²) in [7, 11) is 0. The molecule has 2 rings (SSSR count). The van der Waals surface area contributed by atoms with Crippen LogP contribution in [0.1, 0.15) is 18.4 Å². The van der Waals surface area contributed by atoms with Gasteiger partial charge in [0.25, 0.3) is 0 Å². The lowest BCUT2D eigenvalue weighted by atomic mass is 10.2.